The first-order chi connectivity index (χ1) is 13.2. The molecule has 0 aliphatic heterocycles. The number of hydrogen-bond donors (Lipinski definition) is 1. The second kappa shape index (κ2) is 7.80. The van der Waals surface area contributed by atoms with Crippen LogP contribution in [0.5, 0.6) is 0 Å². The molecule has 2 unspecified atom stereocenters. The number of benzene rings is 1. The molecule has 2 amide bonds. The fourth-order valence-corrected chi connectivity index (χ4v) is 4.89. The van der Waals surface area contributed by atoms with E-state index in [1.807, 2.05) is 34.5 Å². The Morgan fingerprint density at radius 3 is 2.74 bits per heavy atom. The number of hydrogen-bond acceptors (Lipinski definition) is 4. The zero-order valence-electron chi connectivity index (χ0n) is 15.6. The summed E-state index contributed by atoms with van der Waals surface area (Å²) in [6.07, 6.45) is 8.38. The van der Waals surface area contributed by atoms with Gasteiger partial charge in [-0.05, 0) is 42.9 Å². The Morgan fingerprint density at radius 1 is 1.22 bits per heavy atom. The topological polar surface area (TPSA) is 62.3 Å². The summed E-state index contributed by atoms with van der Waals surface area (Å²) in [5.74, 6) is 0.308. The van der Waals surface area contributed by atoms with Crippen LogP contribution in [0.3, 0.4) is 0 Å². The van der Waals surface area contributed by atoms with Crippen molar-refractivity contribution in [3.8, 4) is 0 Å². The Balaban J connectivity index is 1.53. The molecule has 2 aliphatic rings. The number of thiazole rings is 1. The van der Waals surface area contributed by atoms with Crippen molar-refractivity contribution < 1.29 is 9.59 Å². The molecule has 1 heterocycles. The van der Waals surface area contributed by atoms with Crippen molar-refractivity contribution in [2.75, 3.05) is 11.9 Å². The molecule has 142 valence electrons. The molecule has 1 aromatic carbocycles. The highest BCUT2D eigenvalue weighted by Crippen LogP contribution is 2.49. The molecule has 0 bridgehead atoms. The second-order valence-corrected chi connectivity index (χ2v) is 8.34. The smallest absolute Gasteiger partial charge is 0.251 e. The van der Waals surface area contributed by atoms with E-state index in [1.54, 1.807) is 24.6 Å². The third kappa shape index (κ3) is 3.76. The average Bonchev–Trinajstić information content (AvgIpc) is 3.36. The third-order valence-electron chi connectivity index (χ3n) is 5.71. The maximum absolute atomic E-state index is 13.4. The number of carbonyl (C=O) groups excluding carboxylic acids is 2. The molecule has 0 saturated heterocycles. The monoisotopic (exact) mass is 383 g/mol. The summed E-state index contributed by atoms with van der Waals surface area (Å²) in [5, 5.41) is 5.43. The first kappa shape index (κ1) is 18.2. The van der Waals surface area contributed by atoms with E-state index < -0.39 is 0 Å². The quantitative estimate of drug-likeness (QED) is 0.850. The molecule has 2 saturated carbocycles. The van der Waals surface area contributed by atoms with Gasteiger partial charge in [0.15, 0.2) is 5.13 Å². The summed E-state index contributed by atoms with van der Waals surface area (Å²) >= 11 is 1.55. The molecule has 0 radical (unpaired) electrons. The van der Waals surface area contributed by atoms with Gasteiger partial charge in [0.1, 0.15) is 0 Å². The highest BCUT2D eigenvalue weighted by Gasteiger charge is 2.47. The van der Waals surface area contributed by atoms with Crippen LogP contribution in [0.1, 0.15) is 60.4 Å². The van der Waals surface area contributed by atoms with Crippen molar-refractivity contribution in [1.82, 2.24) is 10.3 Å². The lowest BCUT2D eigenvalue weighted by Crippen LogP contribution is -2.42. The molecule has 4 rings (SSSR count). The summed E-state index contributed by atoms with van der Waals surface area (Å²) in [6, 6.07) is 7.94. The Hall–Kier alpha value is -2.21. The zero-order chi connectivity index (χ0) is 18.8. The maximum Gasteiger partial charge on any atom is 0.251 e. The Labute approximate surface area is 163 Å². The predicted molar refractivity (Wildman–Crippen MR) is 107 cm³/mol. The van der Waals surface area contributed by atoms with Crippen LogP contribution in [0.15, 0.2) is 35.8 Å². The number of carbonyl (C=O) groups is 2. The Kier molecular flexibility index (Phi) is 5.25. The molecule has 2 fully saturated rings. The summed E-state index contributed by atoms with van der Waals surface area (Å²) < 4.78 is 0. The highest BCUT2D eigenvalue weighted by atomic mass is 32.1. The highest BCUT2D eigenvalue weighted by molar-refractivity contribution is 7.13. The van der Waals surface area contributed by atoms with E-state index in [-0.39, 0.29) is 29.7 Å². The summed E-state index contributed by atoms with van der Waals surface area (Å²) in [6.45, 7) is 0. The van der Waals surface area contributed by atoms with Crippen LogP contribution in [-0.2, 0) is 4.79 Å². The molecule has 1 aromatic heterocycles. The fourth-order valence-electron chi connectivity index (χ4n) is 4.17. The number of nitrogens with one attached hydrogen (secondary N) is 1. The molecular weight excluding hydrogens is 358 g/mol. The first-order valence-electron chi connectivity index (χ1n) is 9.73. The molecule has 2 aliphatic carbocycles. The van der Waals surface area contributed by atoms with E-state index in [9.17, 15) is 9.59 Å². The Bertz CT molecular complexity index is 815. The minimum absolute atomic E-state index is 0.00392. The second-order valence-electron chi connectivity index (χ2n) is 7.47. The number of amides is 2. The zero-order valence-corrected chi connectivity index (χ0v) is 16.4. The van der Waals surface area contributed by atoms with Crippen LogP contribution in [-0.4, -0.2) is 29.9 Å². The third-order valence-corrected chi connectivity index (χ3v) is 6.49. The molecule has 1 N–H and O–H groups in total. The van der Waals surface area contributed by atoms with Crippen molar-refractivity contribution in [3.05, 3.63) is 47.0 Å². The number of nitrogens with zero attached hydrogens (tertiary/aromatic N) is 2. The van der Waals surface area contributed by atoms with Gasteiger partial charge in [-0.3, -0.25) is 14.5 Å². The number of rotatable bonds is 5. The van der Waals surface area contributed by atoms with Gasteiger partial charge in [0.25, 0.3) is 5.91 Å². The minimum Gasteiger partial charge on any atom is -0.355 e. The average molecular weight is 384 g/mol. The van der Waals surface area contributed by atoms with E-state index >= 15 is 0 Å². The van der Waals surface area contributed by atoms with Crippen LogP contribution in [0.25, 0.3) is 0 Å². The van der Waals surface area contributed by atoms with Crippen LogP contribution in [0.2, 0.25) is 0 Å². The molecular formula is C21H25N3O2S. The van der Waals surface area contributed by atoms with Gasteiger partial charge in [-0.25, -0.2) is 4.98 Å². The van der Waals surface area contributed by atoms with Crippen molar-refractivity contribution >= 4 is 28.3 Å². The van der Waals surface area contributed by atoms with Crippen LogP contribution >= 0.6 is 11.3 Å². The van der Waals surface area contributed by atoms with E-state index in [1.165, 1.54) is 19.3 Å². The summed E-state index contributed by atoms with van der Waals surface area (Å²) in [5.41, 5.74) is 1.73. The van der Waals surface area contributed by atoms with Gasteiger partial charge in [0.2, 0.25) is 5.91 Å². The first-order valence-corrected chi connectivity index (χ1v) is 10.6. The normalized spacial score (nSPS) is 22.3. The van der Waals surface area contributed by atoms with E-state index in [2.05, 4.69) is 10.3 Å². The molecule has 5 nitrogen and oxygen atoms in total. The minimum atomic E-state index is -0.0907. The van der Waals surface area contributed by atoms with Crippen LogP contribution < -0.4 is 10.2 Å². The largest absolute Gasteiger partial charge is 0.355 e. The summed E-state index contributed by atoms with van der Waals surface area (Å²) in [4.78, 5) is 31.7. The SMILES string of the molecule is CNC(=O)c1cccc(C2CC2C(=O)N(c2nccs2)C2CCCCC2)c1. The van der Waals surface area contributed by atoms with Gasteiger partial charge in [0.05, 0.1) is 0 Å². The fraction of sp³-hybridized carbons (Fsp3) is 0.476. The molecule has 6 heteroatoms. The van der Waals surface area contributed by atoms with Crippen molar-refractivity contribution in [3.63, 3.8) is 0 Å². The lowest BCUT2D eigenvalue weighted by atomic mass is 9.94. The number of anilines is 1. The lowest BCUT2D eigenvalue weighted by molar-refractivity contribution is -0.120. The standard InChI is InChI=1S/C21H25N3O2S/c1-22-19(25)15-7-5-6-14(12-15)17-13-18(17)20(26)24(21-23-10-11-27-21)16-8-3-2-4-9-16/h5-7,10-12,16-18H,2-4,8-9,13H2,1H3,(H,22,25). The van der Waals surface area contributed by atoms with Gasteiger partial charge in [0, 0.05) is 36.1 Å². The van der Waals surface area contributed by atoms with Crippen LogP contribution in [0.4, 0.5) is 5.13 Å². The van der Waals surface area contributed by atoms with E-state index in [0.717, 1.165) is 30.0 Å². The van der Waals surface area contributed by atoms with Gasteiger partial charge >= 0.3 is 0 Å². The maximum atomic E-state index is 13.4. The molecule has 0 spiro atoms. The molecule has 2 atom stereocenters. The predicted octanol–water partition coefficient (Wildman–Crippen LogP) is 3.97. The lowest BCUT2D eigenvalue weighted by Gasteiger charge is -2.32. The van der Waals surface area contributed by atoms with Gasteiger partial charge < -0.3 is 5.32 Å². The van der Waals surface area contributed by atoms with Gasteiger partial charge in [-0.2, -0.15) is 0 Å². The summed E-state index contributed by atoms with van der Waals surface area (Å²) in [7, 11) is 1.63. The van der Waals surface area contributed by atoms with Crippen molar-refractivity contribution in [2.24, 2.45) is 5.92 Å². The van der Waals surface area contributed by atoms with E-state index in [0.29, 0.717) is 5.56 Å². The van der Waals surface area contributed by atoms with Crippen LogP contribution in [0, 0.1) is 5.92 Å². The van der Waals surface area contributed by atoms with Gasteiger partial charge in [-0.1, -0.05) is 31.4 Å². The van der Waals surface area contributed by atoms with E-state index in [4.69, 9.17) is 0 Å². The Morgan fingerprint density at radius 2 is 2.04 bits per heavy atom. The van der Waals surface area contributed by atoms with Gasteiger partial charge in [-0.15, -0.1) is 11.3 Å². The molecule has 27 heavy (non-hydrogen) atoms. The van der Waals surface area contributed by atoms with Crippen molar-refractivity contribution in [1.29, 1.82) is 0 Å². The molecule has 2 aromatic rings. The number of aromatic nitrogens is 1. The van der Waals surface area contributed by atoms with Crippen molar-refractivity contribution in [2.45, 2.75) is 50.5 Å².